The van der Waals surface area contributed by atoms with Gasteiger partial charge in [0.25, 0.3) is 0 Å². The highest BCUT2D eigenvalue weighted by Crippen LogP contribution is 2.37. The van der Waals surface area contributed by atoms with Crippen LogP contribution in [0.2, 0.25) is 0 Å². The summed E-state index contributed by atoms with van der Waals surface area (Å²) in [5, 5.41) is 23.7. The smallest absolute Gasteiger partial charge is 0.119 e. The fourth-order valence-corrected chi connectivity index (χ4v) is 5.12. The molecule has 4 aromatic rings. The summed E-state index contributed by atoms with van der Waals surface area (Å²) in [7, 11) is 0. The van der Waals surface area contributed by atoms with E-state index in [2.05, 4.69) is 44.1 Å². The largest absolute Gasteiger partial charge is 0.492 e. The number of nitriles is 1. The first-order valence-electron chi connectivity index (χ1n) is 13.1. The number of aryl methyl sites for hydroxylation is 2. The van der Waals surface area contributed by atoms with Crippen LogP contribution in [0.5, 0.6) is 5.75 Å². The lowest BCUT2D eigenvalue weighted by Gasteiger charge is -2.34. The fraction of sp³-hybridized carbons (Fsp3) is 0.333. The Labute approximate surface area is 223 Å². The number of aromatic amines is 1. The van der Waals surface area contributed by atoms with E-state index in [-0.39, 0.29) is 6.61 Å². The molecule has 0 amide bonds. The molecule has 8 nitrogen and oxygen atoms in total. The molecule has 3 heterocycles. The Kier molecular flexibility index (Phi) is 7.89. The average molecular weight is 511 g/mol. The SMILES string of the molecule is Cc1ncc(C#N)c(Nc2ccc3[nH]ccc3c2C)c1-c1ccc(OCCN2CCN(CCO)CC2)cc1. The van der Waals surface area contributed by atoms with Crippen LogP contribution in [-0.4, -0.2) is 77.4 Å². The van der Waals surface area contributed by atoms with E-state index in [1.54, 1.807) is 6.20 Å². The number of piperazine rings is 1. The summed E-state index contributed by atoms with van der Waals surface area (Å²) in [6, 6.07) is 16.5. The van der Waals surface area contributed by atoms with Gasteiger partial charge in [-0.2, -0.15) is 5.26 Å². The van der Waals surface area contributed by atoms with Crippen LogP contribution >= 0.6 is 0 Å². The van der Waals surface area contributed by atoms with Crippen LogP contribution < -0.4 is 10.1 Å². The van der Waals surface area contributed by atoms with E-state index >= 15 is 0 Å². The minimum absolute atomic E-state index is 0.218. The molecule has 196 valence electrons. The second-order valence-corrected chi connectivity index (χ2v) is 9.70. The van der Waals surface area contributed by atoms with Crippen molar-refractivity contribution < 1.29 is 9.84 Å². The van der Waals surface area contributed by atoms with Crippen molar-refractivity contribution in [2.24, 2.45) is 0 Å². The second-order valence-electron chi connectivity index (χ2n) is 9.70. The lowest BCUT2D eigenvalue weighted by molar-refractivity contribution is 0.102. The lowest BCUT2D eigenvalue weighted by atomic mass is 9.99. The van der Waals surface area contributed by atoms with Gasteiger partial charge in [-0.1, -0.05) is 12.1 Å². The Morgan fingerprint density at radius 2 is 1.76 bits per heavy atom. The number of fused-ring (bicyclic) bond motifs is 1. The van der Waals surface area contributed by atoms with E-state index in [0.29, 0.717) is 12.2 Å². The maximum Gasteiger partial charge on any atom is 0.119 e. The summed E-state index contributed by atoms with van der Waals surface area (Å²) in [5.41, 5.74) is 7.14. The number of anilines is 2. The van der Waals surface area contributed by atoms with Crippen LogP contribution in [0.1, 0.15) is 16.8 Å². The van der Waals surface area contributed by atoms with Gasteiger partial charge < -0.3 is 20.1 Å². The van der Waals surface area contributed by atoms with E-state index in [1.165, 1.54) is 0 Å². The van der Waals surface area contributed by atoms with Gasteiger partial charge in [0.05, 0.1) is 17.9 Å². The average Bonchev–Trinajstić information content (AvgIpc) is 3.42. The second kappa shape index (κ2) is 11.7. The molecule has 0 bridgehead atoms. The molecule has 0 radical (unpaired) electrons. The monoisotopic (exact) mass is 510 g/mol. The number of nitrogens with one attached hydrogen (secondary N) is 2. The Morgan fingerprint density at radius 3 is 2.47 bits per heavy atom. The zero-order valence-corrected chi connectivity index (χ0v) is 22.0. The van der Waals surface area contributed by atoms with Gasteiger partial charge in [0.1, 0.15) is 18.4 Å². The number of aromatic nitrogens is 2. The minimum Gasteiger partial charge on any atom is -0.492 e. The lowest BCUT2D eigenvalue weighted by Crippen LogP contribution is -2.48. The molecule has 1 fully saturated rings. The molecule has 5 rings (SSSR count). The van der Waals surface area contributed by atoms with Crippen LogP contribution in [0, 0.1) is 25.2 Å². The number of hydrogen-bond acceptors (Lipinski definition) is 7. The summed E-state index contributed by atoms with van der Waals surface area (Å²) in [6.07, 6.45) is 3.57. The van der Waals surface area contributed by atoms with Crippen LogP contribution in [-0.2, 0) is 0 Å². The van der Waals surface area contributed by atoms with Crippen molar-refractivity contribution in [2.45, 2.75) is 13.8 Å². The van der Waals surface area contributed by atoms with E-state index in [4.69, 9.17) is 9.84 Å². The molecule has 1 saturated heterocycles. The van der Waals surface area contributed by atoms with E-state index in [0.717, 1.165) is 89.7 Å². The highest BCUT2D eigenvalue weighted by atomic mass is 16.5. The topological polar surface area (TPSA) is 100 Å². The van der Waals surface area contributed by atoms with Crippen molar-refractivity contribution in [3.05, 3.63) is 71.7 Å². The van der Waals surface area contributed by atoms with Gasteiger partial charge in [0.2, 0.25) is 0 Å². The molecule has 1 aliphatic heterocycles. The van der Waals surface area contributed by atoms with Gasteiger partial charge in [0.15, 0.2) is 0 Å². The van der Waals surface area contributed by atoms with Crippen molar-refractivity contribution in [3.63, 3.8) is 0 Å². The number of nitrogens with zero attached hydrogens (tertiary/aromatic N) is 4. The molecule has 1 aliphatic rings. The predicted octanol–water partition coefficient (Wildman–Crippen LogP) is 4.45. The van der Waals surface area contributed by atoms with Crippen LogP contribution in [0.3, 0.4) is 0 Å². The van der Waals surface area contributed by atoms with Gasteiger partial charge >= 0.3 is 0 Å². The Morgan fingerprint density at radius 1 is 1.03 bits per heavy atom. The van der Waals surface area contributed by atoms with Crippen LogP contribution in [0.25, 0.3) is 22.0 Å². The van der Waals surface area contributed by atoms with Gasteiger partial charge in [-0.3, -0.25) is 14.8 Å². The summed E-state index contributed by atoms with van der Waals surface area (Å²) in [5.74, 6) is 0.818. The first-order chi connectivity index (χ1) is 18.6. The molecular weight excluding hydrogens is 476 g/mol. The highest BCUT2D eigenvalue weighted by molar-refractivity contribution is 5.92. The molecule has 0 saturated carbocycles. The van der Waals surface area contributed by atoms with Gasteiger partial charge in [0, 0.05) is 79.5 Å². The van der Waals surface area contributed by atoms with Crippen molar-refractivity contribution in [3.8, 4) is 22.9 Å². The summed E-state index contributed by atoms with van der Waals surface area (Å²) < 4.78 is 6.04. The van der Waals surface area contributed by atoms with Crippen LogP contribution in [0.15, 0.2) is 54.9 Å². The molecular formula is C30H34N6O2. The molecule has 38 heavy (non-hydrogen) atoms. The fourth-order valence-electron chi connectivity index (χ4n) is 5.12. The molecule has 0 atom stereocenters. The zero-order chi connectivity index (χ0) is 26.5. The Bertz CT molecular complexity index is 1430. The third-order valence-electron chi connectivity index (χ3n) is 7.35. The number of aliphatic hydroxyl groups excluding tert-OH is 1. The number of pyridine rings is 1. The molecule has 0 aliphatic carbocycles. The first kappa shape index (κ1) is 25.7. The van der Waals surface area contributed by atoms with E-state index in [9.17, 15) is 5.26 Å². The number of ether oxygens (including phenoxy) is 1. The standard InChI is InChI=1S/C30H34N6O2/c1-21-26-9-10-32-28(26)8-7-27(21)34-30-24(19-31)20-33-22(2)29(30)23-3-5-25(6-4-23)38-18-16-36-13-11-35(12-14-36)15-17-37/h3-10,20,32,37H,11-18H2,1-2H3,(H,33,34). The first-order valence-corrected chi connectivity index (χ1v) is 13.1. The molecule has 3 N–H and O–H groups in total. The van der Waals surface area contributed by atoms with E-state index in [1.807, 2.05) is 49.5 Å². The Hall–Kier alpha value is -3.90. The number of benzene rings is 2. The number of aliphatic hydroxyl groups is 1. The third-order valence-corrected chi connectivity index (χ3v) is 7.35. The molecule has 2 aromatic carbocycles. The van der Waals surface area contributed by atoms with Crippen molar-refractivity contribution >= 4 is 22.3 Å². The third kappa shape index (κ3) is 5.50. The quantitative estimate of drug-likeness (QED) is 0.306. The Balaban J connectivity index is 1.31. The predicted molar refractivity (Wildman–Crippen MR) is 151 cm³/mol. The maximum absolute atomic E-state index is 9.88. The maximum atomic E-state index is 9.88. The van der Waals surface area contributed by atoms with Gasteiger partial charge in [-0.25, -0.2) is 0 Å². The van der Waals surface area contributed by atoms with Crippen molar-refractivity contribution in [2.75, 3.05) is 57.8 Å². The number of hydrogen-bond donors (Lipinski definition) is 3. The van der Waals surface area contributed by atoms with Gasteiger partial charge in [-0.15, -0.1) is 0 Å². The number of H-pyrrole nitrogens is 1. The number of rotatable bonds is 9. The zero-order valence-electron chi connectivity index (χ0n) is 22.0. The van der Waals surface area contributed by atoms with Crippen molar-refractivity contribution in [1.29, 1.82) is 5.26 Å². The molecule has 2 aromatic heterocycles. The normalized spacial score (nSPS) is 14.5. The summed E-state index contributed by atoms with van der Waals surface area (Å²) in [4.78, 5) is 12.4. The summed E-state index contributed by atoms with van der Waals surface area (Å²) >= 11 is 0. The molecule has 0 unspecified atom stereocenters. The molecule has 8 heteroatoms. The number of β-amino-alcohol motifs (C(OH)–C–C–N with tert-alkyl or cyclic N) is 1. The van der Waals surface area contributed by atoms with Crippen LogP contribution in [0.4, 0.5) is 11.4 Å². The van der Waals surface area contributed by atoms with E-state index < -0.39 is 0 Å². The highest BCUT2D eigenvalue weighted by Gasteiger charge is 2.18. The van der Waals surface area contributed by atoms with Crippen molar-refractivity contribution in [1.82, 2.24) is 19.8 Å². The summed E-state index contributed by atoms with van der Waals surface area (Å²) in [6.45, 7) is 10.5. The molecule has 0 spiro atoms. The van der Waals surface area contributed by atoms with Gasteiger partial charge in [-0.05, 0) is 55.3 Å². The minimum atomic E-state index is 0.218.